The minimum atomic E-state index is -0.0442. The van der Waals surface area contributed by atoms with E-state index in [4.69, 9.17) is 9.73 Å². The van der Waals surface area contributed by atoms with Gasteiger partial charge in [-0.15, -0.1) is 24.0 Å². The van der Waals surface area contributed by atoms with Crippen molar-refractivity contribution in [2.75, 3.05) is 52.4 Å². The van der Waals surface area contributed by atoms with Crippen LogP contribution in [0.3, 0.4) is 0 Å². The fourth-order valence-corrected chi connectivity index (χ4v) is 3.05. The Kier molecular flexibility index (Phi) is 14.3. The number of likely N-dealkylation sites (N-methyl/N-ethyl adjacent to an activating group) is 1. The van der Waals surface area contributed by atoms with Crippen molar-refractivity contribution < 1.29 is 9.53 Å². The Balaban J connectivity index is 0.00000576. The van der Waals surface area contributed by atoms with Crippen LogP contribution in [0.4, 0.5) is 0 Å². The van der Waals surface area contributed by atoms with Crippen molar-refractivity contribution in [1.82, 2.24) is 15.1 Å². The van der Waals surface area contributed by atoms with Gasteiger partial charge in [0.1, 0.15) is 0 Å². The van der Waals surface area contributed by atoms with E-state index in [0.717, 1.165) is 64.6 Å². The van der Waals surface area contributed by atoms with Crippen molar-refractivity contribution in [3.05, 3.63) is 0 Å². The van der Waals surface area contributed by atoms with Crippen LogP contribution in [-0.4, -0.2) is 74.1 Å². The van der Waals surface area contributed by atoms with Crippen LogP contribution in [0, 0.1) is 5.92 Å². The Bertz CT molecular complexity index is 385. The van der Waals surface area contributed by atoms with Crippen molar-refractivity contribution in [3.63, 3.8) is 0 Å². The number of likely N-dealkylation sites (tertiary alicyclic amines) is 1. The molecule has 0 bridgehead atoms. The molecule has 1 saturated heterocycles. The summed E-state index contributed by atoms with van der Waals surface area (Å²) in [5, 5.41) is 3.39. The van der Waals surface area contributed by atoms with Crippen molar-refractivity contribution >= 4 is 35.9 Å². The molecule has 25 heavy (non-hydrogen) atoms. The summed E-state index contributed by atoms with van der Waals surface area (Å²) < 4.78 is 5.14. The van der Waals surface area contributed by atoms with E-state index in [9.17, 15) is 4.79 Å². The lowest BCUT2D eigenvalue weighted by Gasteiger charge is -2.33. The number of guanidine groups is 1. The van der Waals surface area contributed by atoms with Crippen molar-refractivity contribution in [3.8, 4) is 0 Å². The van der Waals surface area contributed by atoms with E-state index in [2.05, 4.69) is 35.9 Å². The van der Waals surface area contributed by atoms with Gasteiger partial charge < -0.3 is 19.9 Å². The van der Waals surface area contributed by atoms with Gasteiger partial charge >= 0.3 is 5.97 Å². The van der Waals surface area contributed by atoms with Crippen molar-refractivity contribution in [1.29, 1.82) is 0 Å². The van der Waals surface area contributed by atoms with Gasteiger partial charge in [0.05, 0.1) is 19.1 Å². The predicted molar refractivity (Wildman–Crippen MR) is 115 cm³/mol. The van der Waals surface area contributed by atoms with Gasteiger partial charge in [0, 0.05) is 26.2 Å². The summed E-state index contributed by atoms with van der Waals surface area (Å²) in [7, 11) is 0. The summed E-state index contributed by atoms with van der Waals surface area (Å²) in [6.07, 6.45) is 2.87. The Morgan fingerprint density at radius 2 is 1.88 bits per heavy atom. The van der Waals surface area contributed by atoms with Crippen LogP contribution in [0.25, 0.3) is 0 Å². The van der Waals surface area contributed by atoms with Gasteiger partial charge in [-0.2, -0.15) is 0 Å². The number of hydrogen-bond acceptors (Lipinski definition) is 4. The molecule has 1 heterocycles. The third-order valence-corrected chi connectivity index (χ3v) is 4.41. The normalized spacial score (nSPS) is 15.9. The SMILES string of the molecule is CCCN(CC)CCN=C(NCC)N1CCC(C(=O)OCC)CC1.I. The van der Waals surface area contributed by atoms with E-state index in [0.29, 0.717) is 6.61 Å². The first-order chi connectivity index (χ1) is 11.7. The molecule has 1 aliphatic rings. The van der Waals surface area contributed by atoms with Gasteiger partial charge in [0.15, 0.2) is 5.96 Å². The fraction of sp³-hybridized carbons (Fsp3) is 0.889. The van der Waals surface area contributed by atoms with Gasteiger partial charge in [-0.3, -0.25) is 9.79 Å². The van der Waals surface area contributed by atoms with E-state index in [-0.39, 0.29) is 35.9 Å². The molecule has 0 saturated carbocycles. The number of carbonyl (C=O) groups excluding carboxylic acids is 1. The number of halogens is 1. The number of nitrogens with one attached hydrogen (secondary N) is 1. The molecule has 148 valence electrons. The standard InChI is InChI=1S/C18H36N4O2.HI/c1-5-12-21(7-3)15-11-20-18(19-6-2)22-13-9-16(10-14-22)17(23)24-8-4;/h16H,5-15H2,1-4H3,(H,19,20);1H. The first-order valence-corrected chi connectivity index (χ1v) is 9.58. The Morgan fingerprint density at radius 3 is 2.40 bits per heavy atom. The Hall–Kier alpha value is -0.570. The van der Waals surface area contributed by atoms with Crippen molar-refractivity contribution in [2.45, 2.75) is 47.0 Å². The molecule has 1 N–H and O–H groups in total. The fourth-order valence-electron chi connectivity index (χ4n) is 3.05. The summed E-state index contributed by atoms with van der Waals surface area (Å²) in [5.74, 6) is 0.980. The van der Waals surface area contributed by atoms with E-state index in [1.54, 1.807) is 0 Å². The van der Waals surface area contributed by atoms with Gasteiger partial charge in [0.2, 0.25) is 0 Å². The molecule has 0 unspecified atom stereocenters. The molecule has 0 spiro atoms. The van der Waals surface area contributed by atoms with Crippen LogP contribution in [0.2, 0.25) is 0 Å². The zero-order valence-corrected chi connectivity index (χ0v) is 18.8. The summed E-state index contributed by atoms with van der Waals surface area (Å²) in [6.45, 7) is 15.4. The van der Waals surface area contributed by atoms with Crippen LogP contribution in [0.1, 0.15) is 47.0 Å². The minimum absolute atomic E-state index is 0. The number of esters is 1. The lowest BCUT2D eigenvalue weighted by Crippen LogP contribution is -2.47. The molecule has 1 aliphatic heterocycles. The minimum Gasteiger partial charge on any atom is -0.466 e. The average molecular weight is 468 g/mol. The number of aliphatic imine (C=N–C) groups is 1. The van der Waals surface area contributed by atoms with Crippen LogP contribution in [0.5, 0.6) is 0 Å². The van der Waals surface area contributed by atoms with Crippen LogP contribution < -0.4 is 5.32 Å². The smallest absolute Gasteiger partial charge is 0.309 e. The Morgan fingerprint density at radius 1 is 1.20 bits per heavy atom. The topological polar surface area (TPSA) is 57.2 Å². The van der Waals surface area contributed by atoms with E-state index in [1.807, 2.05) is 6.92 Å². The molecule has 0 radical (unpaired) electrons. The third kappa shape index (κ3) is 9.08. The number of piperidine rings is 1. The third-order valence-electron chi connectivity index (χ3n) is 4.41. The first kappa shape index (κ1) is 24.4. The maximum Gasteiger partial charge on any atom is 0.309 e. The number of carbonyl (C=O) groups is 1. The molecule has 0 aromatic carbocycles. The van der Waals surface area contributed by atoms with Gasteiger partial charge in [0.25, 0.3) is 0 Å². The predicted octanol–water partition coefficient (Wildman–Crippen LogP) is 2.58. The zero-order valence-electron chi connectivity index (χ0n) is 16.4. The lowest BCUT2D eigenvalue weighted by atomic mass is 9.97. The van der Waals surface area contributed by atoms with E-state index < -0.39 is 0 Å². The molecule has 0 aromatic rings. The maximum absolute atomic E-state index is 11.8. The van der Waals surface area contributed by atoms with Gasteiger partial charge in [-0.1, -0.05) is 13.8 Å². The highest BCUT2D eigenvalue weighted by Gasteiger charge is 2.27. The molecule has 0 atom stereocenters. The molecule has 1 fully saturated rings. The zero-order chi connectivity index (χ0) is 17.8. The van der Waals surface area contributed by atoms with Gasteiger partial charge in [-0.05, 0) is 46.2 Å². The second-order valence-electron chi connectivity index (χ2n) is 6.18. The van der Waals surface area contributed by atoms with Crippen molar-refractivity contribution in [2.24, 2.45) is 10.9 Å². The summed E-state index contributed by atoms with van der Waals surface area (Å²) in [6, 6.07) is 0. The monoisotopic (exact) mass is 468 g/mol. The number of hydrogen-bond donors (Lipinski definition) is 1. The highest BCUT2D eigenvalue weighted by atomic mass is 127. The van der Waals surface area contributed by atoms with Crippen LogP contribution in [0.15, 0.2) is 4.99 Å². The van der Waals surface area contributed by atoms with Gasteiger partial charge in [-0.25, -0.2) is 0 Å². The highest BCUT2D eigenvalue weighted by molar-refractivity contribution is 14.0. The number of nitrogens with zero attached hydrogens (tertiary/aromatic N) is 3. The molecule has 0 aliphatic carbocycles. The average Bonchev–Trinajstić information content (AvgIpc) is 2.60. The van der Waals surface area contributed by atoms with E-state index in [1.165, 1.54) is 6.42 Å². The molecular formula is C18H37IN4O2. The lowest BCUT2D eigenvalue weighted by molar-refractivity contribution is -0.149. The quantitative estimate of drug-likeness (QED) is 0.244. The summed E-state index contributed by atoms with van der Waals surface area (Å²) >= 11 is 0. The molecule has 0 aromatic heterocycles. The highest BCUT2D eigenvalue weighted by Crippen LogP contribution is 2.18. The molecular weight excluding hydrogens is 431 g/mol. The van der Waals surface area contributed by atoms with E-state index >= 15 is 0 Å². The largest absolute Gasteiger partial charge is 0.466 e. The van der Waals surface area contributed by atoms with Crippen LogP contribution >= 0.6 is 24.0 Å². The van der Waals surface area contributed by atoms with Crippen LogP contribution in [-0.2, 0) is 9.53 Å². The molecule has 0 amide bonds. The summed E-state index contributed by atoms with van der Waals surface area (Å²) in [4.78, 5) is 21.3. The molecule has 7 heteroatoms. The maximum atomic E-state index is 11.8. The first-order valence-electron chi connectivity index (χ1n) is 9.58. The second kappa shape index (κ2) is 14.6. The summed E-state index contributed by atoms with van der Waals surface area (Å²) in [5.41, 5.74) is 0. The second-order valence-corrected chi connectivity index (χ2v) is 6.18. The number of ether oxygens (including phenoxy) is 1. The molecule has 6 nitrogen and oxygen atoms in total. The Labute approximate surface area is 170 Å². The number of rotatable bonds is 9. The molecule has 1 rings (SSSR count).